The molecule has 1 fully saturated rings. The highest BCUT2D eigenvalue weighted by Crippen LogP contribution is 2.40. The van der Waals surface area contributed by atoms with Gasteiger partial charge < -0.3 is 4.74 Å². The first-order chi connectivity index (χ1) is 12.6. The predicted molar refractivity (Wildman–Crippen MR) is 98.5 cm³/mol. The number of rotatable bonds is 5. The van der Waals surface area contributed by atoms with E-state index in [4.69, 9.17) is 4.74 Å². The van der Waals surface area contributed by atoms with E-state index in [2.05, 4.69) is 30.8 Å². The van der Waals surface area contributed by atoms with Crippen LogP contribution in [0.1, 0.15) is 45.5 Å². The average molecular weight is 370 g/mol. The third kappa shape index (κ3) is 3.05. The fraction of sp³-hybridized carbons (Fsp3) is 0.353. The summed E-state index contributed by atoms with van der Waals surface area (Å²) in [6.07, 6.45) is 3.84. The van der Waals surface area contributed by atoms with Crippen molar-refractivity contribution in [1.82, 2.24) is 25.4 Å². The molecule has 0 aromatic carbocycles. The van der Waals surface area contributed by atoms with Gasteiger partial charge in [0.05, 0.1) is 17.7 Å². The van der Waals surface area contributed by atoms with E-state index in [1.54, 1.807) is 12.3 Å². The molecule has 3 heterocycles. The Kier molecular flexibility index (Phi) is 4.15. The first kappa shape index (κ1) is 16.6. The average Bonchev–Trinajstić information content (AvgIpc) is 3.44. The highest BCUT2D eigenvalue weighted by Gasteiger charge is 2.28. The van der Waals surface area contributed by atoms with Gasteiger partial charge in [0.15, 0.2) is 0 Å². The van der Waals surface area contributed by atoms with Crippen LogP contribution in [-0.2, 0) is 0 Å². The van der Waals surface area contributed by atoms with Gasteiger partial charge in [-0.05, 0) is 32.3 Å². The highest BCUT2D eigenvalue weighted by atomic mass is 32.1. The maximum Gasteiger partial charge on any atom is 0.280 e. The van der Waals surface area contributed by atoms with Gasteiger partial charge in [-0.3, -0.25) is 15.6 Å². The van der Waals surface area contributed by atoms with Crippen molar-refractivity contribution in [3.8, 4) is 5.88 Å². The van der Waals surface area contributed by atoms with Crippen molar-refractivity contribution in [2.75, 3.05) is 12.5 Å². The molecule has 3 aromatic heterocycles. The van der Waals surface area contributed by atoms with Crippen molar-refractivity contribution < 1.29 is 9.53 Å². The number of carbonyl (C=O) groups excluding carboxylic acids is 1. The Balaban J connectivity index is 1.58. The van der Waals surface area contributed by atoms with Crippen molar-refractivity contribution in [2.45, 2.75) is 32.6 Å². The number of carbonyl (C=O) groups is 1. The number of nitrogens with zero attached hydrogens (tertiary/aromatic N) is 4. The first-order valence-corrected chi connectivity index (χ1v) is 9.09. The summed E-state index contributed by atoms with van der Waals surface area (Å²) in [7, 11) is 1.52. The van der Waals surface area contributed by atoms with E-state index in [0.717, 1.165) is 40.1 Å². The molecule has 1 aliphatic rings. The van der Waals surface area contributed by atoms with Gasteiger partial charge in [0, 0.05) is 23.6 Å². The summed E-state index contributed by atoms with van der Waals surface area (Å²) in [5, 5.41) is 0.960. The normalized spacial score (nSPS) is 13.7. The molecule has 0 aliphatic heterocycles. The lowest BCUT2D eigenvalue weighted by atomic mass is 10.1. The molecule has 0 unspecified atom stereocenters. The van der Waals surface area contributed by atoms with E-state index < -0.39 is 0 Å². The molecule has 1 amide bonds. The van der Waals surface area contributed by atoms with Crippen LogP contribution in [0.4, 0.5) is 5.95 Å². The fourth-order valence-corrected chi connectivity index (χ4v) is 3.92. The number of aryl methyl sites for hydroxylation is 2. The number of amides is 1. The summed E-state index contributed by atoms with van der Waals surface area (Å²) in [6.45, 7) is 3.89. The summed E-state index contributed by atoms with van der Waals surface area (Å²) < 4.78 is 5.04. The largest absolute Gasteiger partial charge is 0.481 e. The molecular formula is C17H18N6O2S. The van der Waals surface area contributed by atoms with Crippen molar-refractivity contribution in [3.63, 3.8) is 0 Å². The number of hydrogen-bond acceptors (Lipinski definition) is 8. The van der Waals surface area contributed by atoms with E-state index >= 15 is 0 Å². The number of fused-ring (bicyclic) bond motifs is 1. The lowest BCUT2D eigenvalue weighted by Crippen LogP contribution is -2.30. The molecule has 8 nitrogen and oxygen atoms in total. The minimum Gasteiger partial charge on any atom is -0.481 e. The van der Waals surface area contributed by atoms with E-state index in [1.807, 2.05) is 13.8 Å². The van der Waals surface area contributed by atoms with Crippen molar-refractivity contribution >= 4 is 33.4 Å². The number of methoxy groups -OCH3 is 1. The lowest BCUT2D eigenvalue weighted by molar-refractivity contribution is 0.0965. The Labute approximate surface area is 154 Å². The summed E-state index contributed by atoms with van der Waals surface area (Å²) in [5.41, 5.74) is 7.15. The summed E-state index contributed by atoms with van der Waals surface area (Å²) in [6, 6.07) is 1.63. The summed E-state index contributed by atoms with van der Waals surface area (Å²) in [5.74, 6) is 1.77. The van der Waals surface area contributed by atoms with Gasteiger partial charge in [-0.2, -0.15) is 4.98 Å². The number of aromatic nitrogens is 4. The van der Waals surface area contributed by atoms with E-state index in [9.17, 15) is 4.79 Å². The zero-order chi connectivity index (χ0) is 18.3. The summed E-state index contributed by atoms with van der Waals surface area (Å²) >= 11 is 1.38. The third-order valence-electron chi connectivity index (χ3n) is 4.26. The van der Waals surface area contributed by atoms with Crippen LogP contribution in [0.5, 0.6) is 5.88 Å². The third-order valence-corrected chi connectivity index (χ3v) is 5.45. The Morgan fingerprint density at radius 3 is 2.81 bits per heavy atom. The van der Waals surface area contributed by atoms with Gasteiger partial charge in [-0.1, -0.05) is 0 Å². The van der Waals surface area contributed by atoms with Gasteiger partial charge in [0.2, 0.25) is 11.8 Å². The molecule has 0 bridgehead atoms. The molecule has 1 aliphatic carbocycles. The molecule has 134 valence electrons. The zero-order valence-electron chi connectivity index (χ0n) is 14.7. The number of ether oxygens (including phenoxy) is 1. The maximum atomic E-state index is 12.6. The van der Waals surface area contributed by atoms with Crippen molar-refractivity contribution in [2.24, 2.45) is 0 Å². The van der Waals surface area contributed by atoms with Crippen molar-refractivity contribution in [3.05, 3.63) is 34.2 Å². The highest BCUT2D eigenvalue weighted by molar-refractivity contribution is 7.20. The van der Waals surface area contributed by atoms with Crippen molar-refractivity contribution in [1.29, 1.82) is 0 Å². The Hall–Kier alpha value is -2.81. The van der Waals surface area contributed by atoms with Crippen LogP contribution in [0, 0.1) is 13.8 Å². The molecule has 0 atom stereocenters. The van der Waals surface area contributed by atoms with Crippen LogP contribution in [0.25, 0.3) is 10.2 Å². The van der Waals surface area contributed by atoms with Gasteiger partial charge in [0.25, 0.3) is 5.91 Å². The van der Waals surface area contributed by atoms with Crippen LogP contribution in [0.3, 0.4) is 0 Å². The second-order valence-electron chi connectivity index (χ2n) is 6.18. The monoisotopic (exact) mass is 370 g/mol. The summed E-state index contributed by atoms with van der Waals surface area (Å²) in [4.78, 5) is 31.5. The second kappa shape index (κ2) is 6.49. The number of anilines is 1. The lowest BCUT2D eigenvalue weighted by Gasteiger charge is -2.07. The van der Waals surface area contributed by atoms with Crippen LogP contribution in [0.2, 0.25) is 0 Å². The predicted octanol–water partition coefficient (Wildman–Crippen LogP) is 2.74. The van der Waals surface area contributed by atoms with E-state index in [-0.39, 0.29) is 11.9 Å². The molecular weight excluding hydrogens is 352 g/mol. The minimum absolute atomic E-state index is 0.253. The van der Waals surface area contributed by atoms with E-state index in [1.165, 1.54) is 18.4 Å². The standard InChI is InChI=1S/C17H18N6O2S/c1-8-12-9(2)19-14(10-4-5-10)21-16(12)26-13(8)15(24)22-23-17-18-7-6-11(20-17)25-3/h6-7,10H,4-5H2,1-3H3,(H,22,24)(H,18,20,23). The Bertz CT molecular complexity index is 998. The van der Waals surface area contributed by atoms with Gasteiger partial charge >= 0.3 is 0 Å². The van der Waals surface area contributed by atoms with Crippen LogP contribution in [-0.4, -0.2) is 33.0 Å². The molecule has 1 saturated carbocycles. The molecule has 9 heteroatoms. The molecule has 2 N–H and O–H groups in total. The molecule has 4 rings (SSSR count). The number of thiophene rings is 1. The van der Waals surface area contributed by atoms with Crippen LogP contribution in [0.15, 0.2) is 12.3 Å². The zero-order valence-corrected chi connectivity index (χ0v) is 15.5. The molecule has 26 heavy (non-hydrogen) atoms. The number of hydrogen-bond donors (Lipinski definition) is 2. The quantitative estimate of drug-likeness (QED) is 0.666. The molecule has 3 aromatic rings. The SMILES string of the molecule is COc1ccnc(NNC(=O)c2sc3nc(C4CC4)nc(C)c3c2C)n1. The fourth-order valence-electron chi connectivity index (χ4n) is 2.79. The van der Waals surface area contributed by atoms with Gasteiger partial charge in [-0.15, -0.1) is 11.3 Å². The maximum absolute atomic E-state index is 12.6. The second-order valence-corrected chi connectivity index (χ2v) is 7.18. The van der Waals surface area contributed by atoms with Crippen LogP contribution < -0.4 is 15.6 Å². The van der Waals surface area contributed by atoms with E-state index in [0.29, 0.717) is 16.7 Å². The number of nitrogens with one attached hydrogen (secondary N) is 2. The topological polar surface area (TPSA) is 102 Å². The minimum atomic E-state index is -0.260. The first-order valence-electron chi connectivity index (χ1n) is 8.28. The van der Waals surface area contributed by atoms with Gasteiger partial charge in [-0.25, -0.2) is 15.0 Å². The molecule has 0 spiro atoms. The Morgan fingerprint density at radius 2 is 2.08 bits per heavy atom. The molecule has 0 radical (unpaired) electrons. The van der Waals surface area contributed by atoms with Gasteiger partial charge in [0.1, 0.15) is 10.7 Å². The smallest absolute Gasteiger partial charge is 0.280 e. The number of hydrazine groups is 1. The Morgan fingerprint density at radius 1 is 1.27 bits per heavy atom. The van der Waals surface area contributed by atoms with Crippen LogP contribution >= 0.6 is 11.3 Å². The molecule has 0 saturated heterocycles.